The maximum Gasteiger partial charge on any atom is 0.225 e. The first-order valence-electron chi connectivity index (χ1n) is 4.97. The van der Waals surface area contributed by atoms with Crippen LogP contribution in [0.1, 0.15) is 30.1 Å². The third-order valence-corrected chi connectivity index (χ3v) is 2.62. The summed E-state index contributed by atoms with van der Waals surface area (Å²) in [6, 6.07) is 0.134. The average molecular weight is 192 g/mol. The van der Waals surface area contributed by atoms with Gasteiger partial charge in [-0.25, -0.2) is 9.97 Å². The fourth-order valence-electron chi connectivity index (χ4n) is 1.79. The van der Waals surface area contributed by atoms with Crippen molar-refractivity contribution in [3.8, 4) is 0 Å². The van der Waals surface area contributed by atoms with Gasteiger partial charge in [0.25, 0.3) is 0 Å². The lowest BCUT2D eigenvalue weighted by Crippen LogP contribution is -2.21. The van der Waals surface area contributed by atoms with Crippen LogP contribution in [0.25, 0.3) is 0 Å². The van der Waals surface area contributed by atoms with Crippen molar-refractivity contribution in [2.45, 2.75) is 25.3 Å². The summed E-state index contributed by atoms with van der Waals surface area (Å²) in [7, 11) is 3.90. The Morgan fingerprint density at radius 3 is 3.00 bits per heavy atom. The molecule has 1 aliphatic carbocycles. The first-order chi connectivity index (χ1) is 6.68. The van der Waals surface area contributed by atoms with Gasteiger partial charge in [0, 0.05) is 31.9 Å². The van der Waals surface area contributed by atoms with Gasteiger partial charge in [-0.05, 0) is 19.3 Å². The van der Waals surface area contributed by atoms with Crippen molar-refractivity contribution in [2.24, 2.45) is 5.73 Å². The fourth-order valence-corrected chi connectivity index (χ4v) is 1.79. The molecule has 4 nitrogen and oxygen atoms in total. The van der Waals surface area contributed by atoms with Gasteiger partial charge < -0.3 is 10.6 Å². The summed E-state index contributed by atoms with van der Waals surface area (Å²) in [6.45, 7) is 0. The summed E-state index contributed by atoms with van der Waals surface area (Å²) in [5.41, 5.74) is 8.23. The topological polar surface area (TPSA) is 55.0 Å². The van der Waals surface area contributed by atoms with E-state index in [1.54, 1.807) is 0 Å². The largest absolute Gasteiger partial charge is 0.347 e. The molecule has 0 aliphatic heterocycles. The van der Waals surface area contributed by atoms with Crippen molar-refractivity contribution in [3.05, 3.63) is 17.5 Å². The minimum atomic E-state index is 0.134. The van der Waals surface area contributed by atoms with Gasteiger partial charge in [0.2, 0.25) is 5.95 Å². The van der Waals surface area contributed by atoms with Crippen LogP contribution in [0.4, 0.5) is 5.95 Å². The van der Waals surface area contributed by atoms with E-state index in [1.807, 2.05) is 25.2 Å². The molecule has 0 saturated heterocycles. The zero-order valence-corrected chi connectivity index (χ0v) is 8.70. The second kappa shape index (κ2) is 3.53. The molecule has 1 aromatic heterocycles. The predicted molar refractivity (Wildman–Crippen MR) is 56.2 cm³/mol. The molecule has 14 heavy (non-hydrogen) atoms. The van der Waals surface area contributed by atoms with Crippen LogP contribution in [0.15, 0.2) is 6.20 Å². The number of rotatable bonds is 1. The molecule has 2 N–H and O–H groups in total. The zero-order valence-electron chi connectivity index (χ0n) is 8.70. The van der Waals surface area contributed by atoms with Crippen molar-refractivity contribution < 1.29 is 0 Å². The van der Waals surface area contributed by atoms with Gasteiger partial charge in [-0.15, -0.1) is 0 Å². The highest BCUT2D eigenvalue weighted by molar-refractivity contribution is 5.33. The second-order valence-electron chi connectivity index (χ2n) is 3.97. The predicted octanol–water partition coefficient (Wildman–Crippen LogP) is 0.879. The van der Waals surface area contributed by atoms with Crippen LogP contribution in [0.5, 0.6) is 0 Å². The van der Waals surface area contributed by atoms with Crippen molar-refractivity contribution in [3.63, 3.8) is 0 Å². The normalized spacial score (nSPS) is 20.4. The molecule has 0 fully saturated rings. The number of fused-ring (bicyclic) bond motifs is 1. The summed E-state index contributed by atoms with van der Waals surface area (Å²) in [4.78, 5) is 10.7. The van der Waals surface area contributed by atoms with Crippen molar-refractivity contribution >= 4 is 5.95 Å². The Kier molecular flexibility index (Phi) is 2.37. The Morgan fingerprint density at radius 1 is 1.50 bits per heavy atom. The highest BCUT2D eigenvalue weighted by atomic mass is 15.2. The monoisotopic (exact) mass is 192 g/mol. The van der Waals surface area contributed by atoms with Gasteiger partial charge in [-0.1, -0.05) is 0 Å². The van der Waals surface area contributed by atoms with E-state index in [-0.39, 0.29) is 6.04 Å². The van der Waals surface area contributed by atoms with E-state index in [9.17, 15) is 0 Å². The molecule has 0 aromatic carbocycles. The minimum absolute atomic E-state index is 0.134. The molecule has 0 spiro atoms. The van der Waals surface area contributed by atoms with Crippen LogP contribution in [0.2, 0.25) is 0 Å². The molecule has 0 saturated carbocycles. The number of aryl methyl sites for hydroxylation is 1. The quantitative estimate of drug-likeness (QED) is 0.717. The number of aromatic nitrogens is 2. The van der Waals surface area contributed by atoms with Crippen LogP contribution < -0.4 is 10.6 Å². The average Bonchev–Trinajstić information content (AvgIpc) is 2.17. The van der Waals surface area contributed by atoms with E-state index in [0.29, 0.717) is 0 Å². The number of hydrogen-bond acceptors (Lipinski definition) is 4. The molecule has 1 heterocycles. The Morgan fingerprint density at radius 2 is 2.29 bits per heavy atom. The fraction of sp³-hybridized carbons (Fsp3) is 0.600. The molecular formula is C10H16N4. The van der Waals surface area contributed by atoms with Crippen molar-refractivity contribution in [1.82, 2.24) is 9.97 Å². The molecule has 0 radical (unpaired) electrons. The van der Waals surface area contributed by atoms with Crippen LogP contribution in [0.3, 0.4) is 0 Å². The molecular weight excluding hydrogens is 176 g/mol. The van der Waals surface area contributed by atoms with E-state index in [0.717, 1.165) is 36.5 Å². The van der Waals surface area contributed by atoms with Gasteiger partial charge in [0.1, 0.15) is 0 Å². The Labute approximate surface area is 84.2 Å². The smallest absolute Gasteiger partial charge is 0.225 e. The number of nitrogens with zero attached hydrogens (tertiary/aromatic N) is 3. The van der Waals surface area contributed by atoms with Gasteiger partial charge in [0.15, 0.2) is 0 Å². The lowest BCUT2D eigenvalue weighted by molar-refractivity contribution is 0.556. The maximum absolute atomic E-state index is 5.98. The van der Waals surface area contributed by atoms with E-state index < -0.39 is 0 Å². The molecule has 0 amide bonds. The van der Waals surface area contributed by atoms with Crippen LogP contribution in [0, 0.1) is 0 Å². The van der Waals surface area contributed by atoms with E-state index >= 15 is 0 Å². The van der Waals surface area contributed by atoms with E-state index in [1.165, 1.54) is 0 Å². The summed E-state index contributed by atoms with van der Waals surface area (Å²) >= 11 is 0. The number of nitrogens with two attached hydrogens (primary N) is 1. The van der Waals surface area contributed by atoms with Gasteiger partial charge in [-0.2, -0.15) is 0 Å². The Bertz CT molecular complexity index is 335. The molecule has 4 heteroatoms. The molecule has 1 aliphatic rings. The standard InChI is InChI=1S/C10H16N4/c1-14(2)10-12-6-7-8(11)4-3-5-9(7)13-10/h6,8H,3-5,11H2,1-2H3/t8-/m1/s1. The second-order valence-corrected chi connectivity index (χ2v) is 3.97. The van der Waals surface area contributed by atoms with Crippen LogP contribution in [-0.4, -0.2) is 24.1 Å². The van der Waals surface area contributed by atoms with Crippen LogP contribution >= 0.6 is 0 Å². The lowest BCUT2D eigenvalue weighted by Gasteiger charge is -2.22. The van der Waals surface area contributed by atoms with Crippen molar-refractivity contribution in [1.29, 1.82) is 0 Å². The molecule has 1 aromatic rings. The van der Waals surface area contributed by atoms with Gasteiger partial charge in [0.05, 0.1) is 5.69 Å². The molecule has 0 bridgehead atoms. The van der Waals surface area contributed by atoms with Gasteiger partial charge in [-0.3, -0.25) is 0 Å². The first-order valence-corrected chi connectivity index (χ1v) is 4.97. The van der Waals surface area contributed by atoms with Crippen LogP contribution in [-0.2, 0) is 6.42 Å². The van der Waals surface area contributed by atoms with Gasteiger partial charge >= 0.3 is 0 Å². The molecule has 0 unspecified atom stereocenters. The third-order valence-electron chi connectivity index (χ3n) is 2.62. The SMILES string of the molecule is CN(C)c1ncc2c(n1)CCC[C@H]2N. The summed E-state index contributed by atoms with van der Waals surface area (Å²) in [6.07, 6.45) is 5.10. The maximum atomic E-state index is 5.98. The minimum Gasteiger partial charge on any atom is -0.347 e. The lowest BCUT2D eigenvalue weighted by atomic mass is 9.93. The highest BCUT2D eigenvalue weighted by Gasteiger charge is 2.19. The third kappa shape index (κ3) is 1.57. The first kappa shape index (κ1) is 9.40. The Hall–Kier alpha value is -1.16. The Balaban J connectivity index is 2.39. The molecule has 1 atom stereocenters. The summed E-state index contributed by atoms with van der Waals surface area (Å²) in [5.74, 6) is 0.776. The summed E-state index contributed by atoms with van der Waals surface area (Å²) < 4.78 is 0. The zero-order chi connectivity index (χ0) is 10.1. The van der Waals surface area contributed by atoms with E-state index in [2.05, 4.69) is 9.97 Å². The molecule has 76 valence electrons. The molecule has 2 rings (SSSR count). The number of hydrogen-bond donors (Lipinski definition) is 1. The highest BCUT2D eigenvalue weighted by Crippen LogP contribution is 2.26. The van der Waals surface area contributed by atoms with E-state index in [4.69, 9.17) is 5.73 Å². The van der Waals surface area contributed by atoms with Crippen molar-refractivity contribution in [2.75, 3.05) is 19.0 Å². The summed E-state index contributed by atoms with van der Waals surface area (Å²) in [5, 5.41) is 0. The number of anilines is 1.